The van der Waals surface area contributed by atoms with Crippen LogP contribution in [0.25, 0.3) is 0 Å². The van der Waals surface area contributed by atoms with Crippen LogP contribution >= 0.6 is 24.8 Å². The molecule has 0 amide bonds. The zero-order chi connectivity index (χ0) is 15.1. The Labute approximate surface area is 162 Å². The quantitative estimate of drug-likeness (QED) is 0.364. The van der Waals surface area contributed by atoms with Gasteiger partial charge in [0.25, 0.3) is 0 Å². The third-order valence-corrected chi connectivity index (χ3v) is 3.13. The zero-order valence-corrected chi connectivity index (χ0v) is 17.2. The minimum absolute atomic E-state index is 0. The van der Waals surface area contributed by atoms with Crippen LogP contribution in [-0.4, -0.2) is 4.82 Å². The third kappa shape index (κ3) is 15.0. The molecule has 0 N–H and O–H groups in total. The van der Waals surface area contributed by atoms with Gasteiger partial charge in [0.1, 0.15) is 0 Å². The van der Waals surface area contributed by atoms with Gasteiger partial charge in [-0.05, 0) is 0 Å². The van der Waals surface area contributed by atoms with Crippen LogP contribution in [0.5, 0.6) is 0 Å². The van der Waals surface area contributed by atoms with E-state index in [1.807, 2.05) is 0 Å². The van der Waals surface area contributed by atoms with Gasteiger partial charge >= 0.3 is 24.8 Å². The van der Waals surface area contributed by atoms with Crippen molar-refractivity contribution >= 4 is 29.6 Å². The van der Waals surface area contributed by atoms with Crippen LogP contribution in [-0.2, 0) is 20.0 Å². The fourth-order valence-corrected chi connectivity index (χ4v) is 1.98. The monoisotopic (exact) mass is 376 g/mol. The molecule has 0 spiro atoms. The number of hydrogen-bond donors (Lipinski definition) is 0. The van der Waals surface area contributed by atoms with E-state index in [0.29, 0.717) is 0 Å². The summed E-state index contributed by atoms with van der Waals surface area (Å²) in [6.45, 7) is 4.44. The molecule has 0 radical (unpaired) electrons. The van der Waals surface area contributed by atoms with Gasteiger partial charge in [0.2, 0.25) is 0 Å². The Morgan fingerprint density at radius 3 is 1.45 bits per heavy atom. The predicted molar refractivity (Wildman–Crippen MR) is 102 cm³/mol. The van der Waals surface area contributed by atoms with Crippen molar-refractivity contribution in [1.82, 2.24) is 0 Å². The number of halogens is 2. The standard InChI is InChI=1S/2C9H13.CH2.2ClH.Ti/c2*1-2-3-6-9-7-4-5-8-9;;;;/h2*4,7H,2-3,5-6H2,1H3;1H2;2*1H;/q2*-1;;;;+2. The summed E-state index contributed by atoms with van der Waals surface area (Å²) < 4.78 is 0. The fourth-order valence-electron chi connectivity index (χ4n) is 1.98. The number of rotatable bonds is 6. The van der Waals surface area contributed by atoms with Gasteiger partial charge in [-0.1, -0.05) is 52.4 Å². The van der Waals surface area contributed by atoms with Crippen LogP contribution in [0.1, 0.15) is 65.2 Å². The van der Waals surface area contributed by atoms with Gasteiger partial charge < -0.3 is 0 Å². The summed E-state index contributed by atoms with van der Waals surface area (Å²) in [5, 5.41) is 0. The zero-order valence-electron chi connectivity index (χ0n) is 14.0. The summed E-state index contributed by atoms with van der Waals surface area (Å²) in [5.74, 6) is 0. The molecule has 3 heteroatoms. The molecule has 0 nitrogen and oxygen atoms in total. The fraction of sp³-hybridized carbons (Fsp3) is 0.526. The van der Waals surface area contributed by atoms with Crippen molar-refractivity contribution in [1.29, 1.82) is 0 Å². The molecule has 2 aliphatic rings. The number of unbranched alkanes of at least 4 members (excludes halogenated alkanes) is 2. The Morgan fingerprint density at radius 1 is 0.864 bits per heavy atom. The van der Waals surface area contributed by atoms with Crippen molar-refractivity contribution in [3.63, 3.8) is 0 Å². The van der Waals surface area contributed by atoms with Gasteiger partial charge in [0.15, 0.2) is 0 Å². The van der Waals surface area contributed by atoms with Crippen LogP contribution in [0.2, 0.25) is 0 Å². The van der Waals surface area contributed by atoms with E-state index >= 15 is 0 Å². The van der Waals surface area contributed by atoms with E-state index < -0.39 is 0 Å². The van der Waals surface area contributed by atoms with Crippen LogP contribution < -0.4 is 0 Å². The Morgan fingerprint density at radius 2 is 1.23 bits per heavy atom. The second kappa shape index (κ2) is 21.1. The Kier molecular flexibility index (Phi) is 25.9. The van der Waals surface area contributed by atoms with E-state index in [1.54, 1.807) is 20.0 Å². The van der Waals surface area contributed by atoms with Crippen molar-refractivity contribution in [3.05, 3.63) is 47.6 Å². The average Bonchev–Trinajstić information content (AvgIpc) is 3.19. The minimum atomic E-state index is 0. The molecule has 0 aromatic heterocycles. The summed E-state index contributed by atoms with van der Waals surface area (Å²) >= 11 is 1.75. The average molecular weight is 377 g/mol. The molecule has 0 aromatic rings. The molecule has 0 bridgehead atoms. The summed E-state index contributed by atoms with van der Waals surface area (Å²) in [6.07, 6.45) is 25.1. The van der Waals surface area contributed by atoms with Crippen LogP contribution in [0.15, 0.2) is 35.5 Å². The first-order valence-electron chi connectivity index (χ1n) is 7.74. The van der Waals surface area contributed by atoms with Gasteiger partial charge in [-0.3, -0.25) is 12.2 Å². The molecule has 2 aliphatic carbocycles. The Hall–Kier alpha value is 0.124. The summed E-state index contributed by atoms with van der Waals surface area (Å²) in [4.78, 5) is 3.25. The second-order valence-corrected chi connectivity index (χ2v) is 4.82. The molecule has 0 atom stereocenters. The molecule has 2 rings (SSSR count). The molecule has 0 fully saturated rings. The summed E-state index contributed by atoms with van der Waals surface area (Å²) in [7, 11) is 0. The van der Waals surface area contributed by atoms with Gasteiger partial charge in [0, 0.05) is 0 Å². The topological polar surface area (TPSA) is 0 Å². The predicted octanol–water partition coefficient (Wildman–Crippen LogP) is 6.54. The molecule has 0 aliphatic heterocycles. The van der Waals surface area contributed by atoms with Crippen molar-refractivity contribution in [3.8, 4) is 0 Å². The molecule has 0 saturated carbocycles. The number of allylic oxidation sites excluding steroid dienone is 8. The van der Waals surface area contributed by atoms with Crippen LogP contribution in [0.4, 0.5) is 0 Å². The van der Waals surface area contributed by atoms with Gasteiger partial charge in [-0.25, -0.2) is 23.3 Å². The second-order valence-electron chi connectivity index (χ2n) is 4.82. The van der Waals surface area contributed by atoms with Gasteiger partial charge in [-0.15, -0.1) is 37.7 Å². The third-order valence-electron chi connectivity index (χ3n) is 3.13. The first kappa shape index (κ1) is 27.0. The number of hydrogen-bond acceptors (Lipinski definition) is 0. The van der Waals surface area contributed by atoms with E-state index in [1.165, 1.54) is 49.7 Å². The van der Waals surface area contributed by atoms with E-state index in [9.17, 15) is 0 Å². The molecule has 124 valence electrons. The molecule has 22 heavy (non-hydrogen) atoms. The maximum atomic E-state index is 3.30. The van der Waals surface area contributed by atoms with E-state index in [0.717, 1.165) is 12.8 Å². The van der Waals surface area contributed by atoms with Crippen LogP contribution in [0, 0.1) is 12.2 Å². The van der Waals surface area contributed by atoms with Crippen molar-refractivity contribution in [2.75, 3.05) is 0 Å². The van der Waals surface area contributed by atoms with Crippen molar-refractivity contribution in [2.45, 2.75) is 65.2 Å². The normalized spacial score (nSPS) is 13.6. The molecular formula is C19H30Cl2Ti. The summed E-state index contributed by atoms with van der Waals surface area (Å²) in [5.41, 5.74) is 2.83. The first-order chi connectivity index (χ1) is 9.86. The molecule has 0 unspecified atom stereocenters. The van der Waals surface area contributed by atoms with Crippen LogP contribution in [0.3, 0.4) is 0 Å². The maximum absolute atomic E-state index is 3.30. The SMILES string of the molecule is CCCCC1=[C-]CC=C1.CCCCC1=[C-]CC=C1.Cl.Cl.[CH2]=[Ti+2]. The van der Waals surface area contributed by atoms with Crippen molar-refractivity contribution < 1.29 is 20.0 Å². The molecule has 0 aromatic carbocycles. The van der Waals surface area contributed by atoms with Crippen molar-refractivity contribution in [2.24, 2.45) is 0 Å². The first-order valence-corrected chi connectivity index (χ1v) is 8.85. The molecule has 0 saturated heterocycles. The Balaban J connectivity index is -0.000000273. The van der Waals surface area contributed by atoms with E-state index in [2.05, 4.69) is 55.1 Å². The Bertz CT molecular complexity index is 320. The van der Waals surface area contributed by atoms with Gasteiger partial charge in [-0.2, -0.15) is 12.2 Å². The molecule has 0 heterocycles. The molecular weight excluding hydrogens is 347 g/mol. The van der Waals surface area contributed by atoms with E-state index in [-0.39, 0.29) is 24.8 Å². The van der Waals surface area contributed by atoms with Gasteiger partial charge in [0.05, 0.1) is 0 Å². The summed E-state index contributed by atoms with van der Waals surface area (Å²) in [6, 6.07) is 0. The van der Waals surface area contributed by atoms with E-state index in [4.69, 9.17) is 0 Å².